The molecule has 66 valence electrons. The van der Waals surface area contributed by atoms with Crippen molar-refractivity contribution in [3.63, 3.8) is 0 Å². The van der Waals surface area contributed by atoms with Crippen molar-refractivity contribution in [2.75, 3.05) is 11.9 Å². The quantitative estimate of drug-likeness (QED) is 0.685. The maximum Gasteiger partial charge on any atom is 0.140 e. The number of rotatable bonds is 2. The molecule has 0 saturated heterocycles. The zero-order chi connectivity index (χ0) is 9.84. The standard InChI is InChI=1S/C10H11N3/c1-4-13(3)10-6-5-9(7-11)12-8(10)2/h4-6H,1H2,2-3H3. The third-order valence-electron chi connectivity index (χ3n) is 1.83. The van der Waals surface area contributed by atoms with E-state index in [4.69, 9.17) is 5.26 Å². The van der Waals surface area contributed by atoms with E-state index in [1.54, 1.807) is 12.3 Å². The van der Waals surface area contributed by atoms with Crippen LogP contribution in [0, 0.1) is 18.3 Å². The molecule has 3 nitrogen and oxygen atoms in total. The van der Waals surface area contributed by atoms with Gasteiger partial charge in [-0.05, 0) is 25.3 Å². The zero-order valence-electron chi connectivity index (χ0n) is 7.78. The summed E-state index contributed by atoms with van der Waals surface area (Å²) in [6.07, 6.45) is 1.70. The van der Waals surface area contributed by atoms with Gasteiger partial charge in [-0.2, -0.15) is 5.26 Å². The molecule has 0 radical (unpaired) electrons. The molecule has 0 aliphatic rings. The number of pyridine rings is 1. The number of aryl methyl sites for hydroxylation is 1. The van der Waals surface area contributed by atoms with Gasteiger partial charge in [0.25, 0.3) is 0 Å². The van der Waals surface area contributed by atoms with Gasteiger partial charge in [0.1, 0.15) is 11.8 Å². The second-order valence-corrected chi connectivity index (χ2v) is 2.71. The van der Waals surface area contributed by atoms with Gasteiger partial charge in [0.2, 0.25) is 0 Å². The summed E-state index contributed by atoms with van der Waals surface area (Å²) in [5.74, 6) is 0. The van der Waals surface area contributed by atoms with Crippen LogP contribution in [0.1, 0.15) is 11.4 Å². The van der Waals surface area contributed by atoms with E-state index in [2.05, 4.69) is 11.6 Å². The van der Waals surface area contributed by atoms with Crippen LogP contribution < -0.4 is 4.90 Å². The summed E-state index contributed by atoms with van der Waals surface area (Å²) in [6, 6.07) is 5.56. The monoisotopic (exact) mass is 173 g/mol. The van der Waals surface area contributed by atoms with Gasteiger partial charge < -0.3 is 4.90 Å². The molecule has 0 atom stereocenters. The highest BCUT2D eigenvalue weighted by molar-refractivity contribution is 5.52. The Morgan fingerprint density at radius 1 is 1.62 bits per heavy atom. The normalized spacial score (nSPS) is 9.00. The van der Waals surface area contributed by atoms with Crippen molar-refractivity contribution in [3.05, 3.63) is 36.3 Å². The summed E-state index contributed by atoms with van der Waals surface area (Å²) in [4.78, 5) is 5.97. The van der Waals surface area contributed by atoms with E-state index in [0.717, 1.165) is 11.4 Å². The van der Waals surface area contributed by atoms with Crippen molar-refractivity contribution in [1.29, 1.82) is 5.26 Å². The van der Waals surface area contributed by atoms with Gasteiger partial charge in [-0.15, -0.1) is 0 Å². The average molecular weight is 173 g/mol. The lowest BCUT2D eigenvalue weighted by Crippen LogP contribution is -2.09. The average Bonchev–Trinajstić information content (AvgIpc) is 2.16. The molecule has 0 N–H and O–H groups in total. The molecule has 0 bridgehead atoms. The second kappa shape index (κ2) is 3.72. The van der Waals surface area contributed by atoms with Crippen LogP contribution in [0.15, 0.2) is 24.9 Å². The molecule has 0 aromatic carbocycles. The van der Waals surface area contributed by atoms with Crippen LogP contribution >= 0.6 is 0 Å². The Hall–Kier alpha value is -1.82. The number of anilines is 1. The van der Waals surface area contributed by atoms with Gasteiger partial charge in [-0.3, -0.25) is 0 Å². The van der Waals surface area contributed by atoms with Crippen molar-refractivity contribution in [3.8, 4) is 6.07 Å². The summed E-state index contributed by atoms with van der Waals surface area (Å²) in [5, 5.41) is 8.60. The summed E-state index contributed by atoms with van der Waals surface area (Å²) >= 11 is 0. The van der Waals surface area contributed by atoms with Gasteiger partial charge in [-0.1, -0.05) is 6.58 Å². The van der Waals surface area contributed by atoms with Crippen molar-refractivity contribution in [1.82, 2.24) is 4.98 Å². The first kappa shape index (κ1) is 9.27. The minimum Gasteiger partial charge on any atom is -0.350 e. The fraction of sp³-hybridized carbons (Fsp3) is 0.200. The number of nitriles is 1. The third-order valence-corrected chi connectivity index (χ3v) is 1.83. The van der Waals surface area contributed by atoms with Crippen LogP contribution in [0.5, 0.6) is 0 Å². The molecule has 0 unspecified atom stereocenters. The zero-order valence-corrected chi connectivity index (χ0v) is 7.78. The van der Waals surface area contributed by atoms with Gasteiger partial charge in [0.05, 0.1) is 11.4 Å². The van der Waals surface area contributed by atoms with Crippen molar-refractivity contribution in [2.45, 2.75) is 6.92 Å². The lowest BCUT2D eigenvalue weighted by Gasteiger charge is -2.15. The smallest absolute Gasteiger partial charge is 0.140 e. The number of hydrogen-bond donors (Lipinski definition) is 0. The highest BCUT2D eigenvalue weighted by Crippen LogP contribution is 2.16. The van der Waals surface area contributed by atoms with Crippen molar-refractivity contribution in [2.24, 2.45) is 0 Å². The van der Waals surface area contributed by atoms with E-state index in [9.17, 15) is 0 Å². The number of aromatic nitrogens is 1. The first-order valence-electron chi connectivity index (χ1n) is 3.92. The number of nitrogens with zero attached hydrogens (tertiary/aromatic N) is 3. The summed E-state index contributed by atoms with van der Waals surface area (Å²) in [6.45, 7) is 5.53. The highest BCUT2D eigenvalue weighted by atomic mass is 15.1. The van der Waals surface area contributed by atoms with Crippen molar-refractivity contribution < 1.29 is 0 Å². The molecule has 0 aliphatic heterocycles. The summed E-state index contributed by atoms with van der Waals surface area (Å²) in [5.41, 5.74) is 2.24. The maximum absolute atomic E-state index is 8.60. The van der Waals surface area contributed by atoms with Crippen LogP contribution in [0.3, 0.4) is 0 Å². The molecule has 13 heavy (non-hydrogen) atoms. The Morgan fingerprint density at radius 3 is 2.77 bits per heavy atom. The van der Waals surface area contributed by atoms with E-state index in [1.807, 2.05) is 31.0 Å². The third kappa shape index (κ3) is 1.85. The molecule has 1 heterocycles. The van der Waals surface area contributed by atoms with Gasteiger partial charge in [0, 0.05) is 7.05 Å². The predicted molar refractivity (Wildman–Crippen MR) is 52.3 cm³/mol. The van der Waals surface area contributed by atoms with Crippen LogP contribution in [-0.2, 0) is 0 Å². The van der Waals surface area contributed by atoms with Gasteiger partial charge in [-0.25, -0.2) is 4.98 Å². The maximum atomic E-state index is 8.60. The van der Waals surface area contributed by atoms with Crippen LogP contribution in [-0.4, -0.2) is 12.0 Å². The minimum atomic E-state index is 0.443. The van der Waals surface area contributed by atoms with E-state index < -0.39 is 0 Å². The Morgan fingerprint density at radius 2 is 2.31 bits per heavy atom. The fourth-order valence-corrected chi connectivity index (χ4v) is 1.09. The Labute approximate surface area is 77.9 Å². The molecular weight excluding hydrogens is 162 g/mol. The van der Waals surface area contributed by atoms with Crippen molar-refractivity contribution >= 4 is 5.69 Å². The van der Waals surface area contributed by atoms with Crippen LogP contribution in [0.2, 0.25) is 0 Å². The molecular formula is C10H11N3. The topological polar surface area (TPSA) is 39.9 Å². The van der Waals surface area contributed by atoms with E-state index >= 15 is 0 Å². The fourth-order valence-electron chi connectivity index (χ4n) is 1.09. The summed E-state index contributed by atoms with van der Waals surface area (Å²) in [7, 11) is 1.89. The van der Waals surface area contributed by atoms with E-state index in [-0.39, 0.29) is 0 Å². The van der Waals surface area contributed by atoms with Gasteiger partial charge in [0.15, 0.2) is 0 Å². The number of hydrogen-bond acceptors (Lipinski definition) is 3. The van der Waals surface area contributed by atoms with Crippen LogP contribution in [0.4, 0.5) is 5.69 Å². The first-order valence-corrected chi connectivity index (χ1v) is 3.92. The Bertz CT molecular complexity index is 363. The van der Waals surface area contributed by atoms with Gasteiger partial charge >= 0.3 is 0 Å². The lowest BCUT2D eigenvalue weighted by atomic mass is 10.2. The molecule has 0 aliphatic carbocycles. The largest absolute Gasteiger partial charge is 0.350 e. The molecule has 3 heteroatoms. The second-order valence-electron chi connectivity index (χ2n) is 2.71. The van der Waals surface area contributed by atoms with E-state index in [0.29, 0.717) is 5.69 Å². The molecule has 1 rings (SSSR count). The molecule has 0 saturated carbocycles. The molecule has 0 fully saturated rings. The SMILES string of the molecule is C=CN(C)c1ccc(C#N)nc1C. The Kier molecular flexibility index (Phi) is 2.65. The van der Waals surface area contributed by atoms with Crippen LogP contribution in [0.25, 0.3) is 0 Å². The minimum absolute atomic E-state index is 0.443. The first-order chi connectivity index (χ1) is 6.19. The summed E-state index contributed by atoms with van der Waals surface area (Å²) < 4.78 is 0. The molecule has 1 aromatic heterocycles. The predicted octanol–water partition coefficient (Wildman–Crippen LogP) is 1.84. The van der Waals surface area contributed by atoms with E-state index in [1.165, 1.54) is 0 Å². The Balaban J connectivity index is 3.13. The lowest BCUT2D eigenvalue weighted by molar-refractivity contribution is 1.10. The molecule has 0 amide bonds. The molecule has 0 spiro atoms. The molecule has 1 aromatic rings. The highest BCUT2D eigenvalue weighted by Gasteiger charge is 2.03.